The van der Waals surface area contributed by atoms with Crippen LogP contribution in [0.1, 0.15) is 47.7 Å². The minimum absolute atomic E-state index is 0.109. The monoisotopic (exact) mass is 462 g/mol. The number of carbonyl (C=O) groups is 1. The van der Waals surface area contributed by atoms with Gasteiger partial charge in [0.15, 0.2) is 11.5 Å². The van der Waals surface area contributed by atoms with Crippen molar-refractivity contribution in [1.29, 1.82) is 0 Å². The number of hydrogen-bond acceptors (Lipinski definition) is 7. The van der Waals surface area contributed by atoms with Gasteiger partial charge >= 0.3 is 0 Å². The Labute approximate surface area is 191 Å². The standard InChI is InChI=1S/C23H28F2N4O4/c1-31-18-10-21(26)28-11-16(18)14-4-7-29(8-5-14)22(30)17-9-19(32-2)20(12-27-17)33-13-15-3-6-23(15,24)25/h9-12,14-15H,3-8,13H2,1-2H3,(H2,26,28). The maximum Gasteiger partial charge on any atom is 0.272 e. The Balaban J connectivity index is 1.38. The molecule has 0 bridgehead atoms. The fourth-order valence-electron chi connectivity index (χ4n) is 4.27. The first-order valence-corrected chi connectivity index (χ1v) is 11.0. The average molecular weight is 462 g/mol. The molecule has 33 heavy (non-hydrogen) atoms. The Morgan fingerprint density at radius 1 is 1.09 bits per heavy atom. The summed E-state index contributed by atoms with van der Waals surface area (Å²) in [7, 11) is 3.04. The molecule has 2 N–H and O–H groups in total. The van der Waals surface area contributed by atoms with E-state index in [4.69, 9.17) is 19.9 Å². The number of rotatable bonds is 7. The average Bonchev–Trinajstić information content (AvgIpc) is 2.83. The van der Waals surface area contributed by atoms with Gasteiger partial charge in [-0.2, -0.15) is 0 Å². The SMILES string of the molecule is COc1cc(C(=O)N2CCC(c3cnc(N)cc3OC)CC2)ncc1OCC1CCC1(F)F. The van der Waals surface area contributed by atoms with Crippen molar-refractivity contribution < 1.29 is 27.8 Å². The summed E-state index contributed by atoms with van der Waals surface area (Å²) in [5.74, 6) is -1.85. The number of nitrogen functional groups attached to an aromatic ring is 1. The number of pyridine rings is 2. The summed E-state index contributed by atoms with van der Waals surface area (Å²) in [6.45, 7) is 0.987. The van der Waals surface area contributed by atoms with Crippen LogP contribution >= 0.6 is 0 Å². The van der Waals surface area contributed by atoms with E-state index in [9.17, 15) is 13.6 Å². The van der Waals surface area contributed by atoms with Crippen molar-refractivity contribution in [1.82, 2.24) is 14.9 Å². The summed E-state index contributed by atoms with van der Waals surface area (Å²) in [4.78, 5) is 23.1. The van der Waals surface area contributed by atoms with Crippen LogP contribution < -0.4 is 19.9 Å². The molecule has 1 saturated heterocycles. The third kappa shape index (κ3) is 4.79. The van der Waals surface area contributed by atoms with Crippen molar-refractivity contribution in [2.45, 2.75) is 37.5 Å². The fourth-order valence-corrected chi connectivity index (χ4v) is 4.27. The van der Waals surface area contributed by atoms with Crippen molar-refractivity contribution in [2.24, 2.45) is 5.92 Å². The van der Waals surface area contributed by atoms with Crippen LogP contribution in [0.25, 0.3) is 0 Å². The van der Waals surface area contributed by atoms with Crippen LogP contribution in [-0.2, 0) is 0 Å². The number of hydrogen-bond donors (Lipinski definition) is 1. The van der Waals surface area contributed by atoms with E-state index in [-0.39, 0.29) is 36.3 Å². The van der Waals surface area contributed by atoms with Crippen LogP contribution in [0.2, 0.25) is 0 Å². The number of nitrogens with two attached hydrogens (primary N) is 1. The number of amides is 1. The van der Waals surface area contributed by atoms with Gasteiger partial charge in [-0.3, -0.25) is 4.79 Å². The molecule has 2 aromatic rings. The van der Waals surface area contributed by atoms with Crippen LogP contribution in [0.3, 0.4) is 0 Å². The molecule has 1 unspecified atom stereocenters. The summed E-state index contributed by atoms with van der Waals surface area (Å²) < 4.78 is 43.2. The first-order valence-electron chi connectivity index (χ1n) is 11.0. The zero-order valence-corrected chi connectivity index (χ0v) is 18.7. The Kier molecular flexibility index (Phi) is 6.53. The number of ether oxygens (including phenoxy) is 3. The highest BCUT2D eigenvalue weighted by atomic mass is 19.3. The molecule has 1 aliphatic carbocycles. The maximum atomic E-state index is 13.5. The number of aromatic nitrogens is 2. The Bertz CT molecular complexity index is 1010. The molecule has 3 heterocycles. The lowest BCUT2D eigenvalue weighted by molar-refractivity contribution is -0.143. The molecule has 1 saturated carbocycles. The molecule has 2 fully saturated rings. The third-order valence-corrected chi connectivity index (χ3v) is 6.49. The van der Waals surface area contributed by atoms with Gasteiger partial charge in [-0.1, -0.05) is 0 Å². The molecule has 0 radical (unpaired) electrons. The van der Waals surface area contributed by atoms with E-state index < -0.39 is 11.8 Å². The molecular weight excluding hydrogens is 434 g/mol. The number of anilines is 1. The second-order valence-electron chi connectivity index (χ2n) is 8.45. The fraction of sp³-hybridized carbons (Fsp3) is 0.522. The molecule has 1 atom stereocenters. The highest BCUT2D eigenvalue weighted by molar-refractivity contribution is 5.93. The summed E-state index contributed by atoms with van der Waals surface area (Å²) in [5, 5.41) is 0. The van der Waals surface area contributed by atoms with E-state index in [1.807, 2.05) is 0 Å². The summed E-state index contributed by atoms with van der Waals surface area (Å²) in [5.41, 5.74) is 6.95. The number of halogens is 2. The minimum atomic E-state index is -2.69. The van der Waals surface area contributed by atoms with Crippen molar-refractivity contribution in [3.05, 3.63) is 35.8 Å². The lowest BCUT2D eigenvalue weighted by Gasteiger charge is -2.35. The molecule has 0 aromatic carbocycles. The van der Waals surface area contributed by atoms with Gasteiger partial charge in [0.25, 0.3) is 11.8 Å². The van der Waals surface area contributed by atoms with Gasteiger partial charge < -0.3 is 24.8 Å². The summed E-state index contributed by atoms with van der Waals surface area (Å²) in [6, 6.07) is 3.20. The number of nitrogens with zero attached hydrogens (tertiary/aromatic N) is 3. The highest BCUT2D eigenvalue weighted by Crippen LogP contribution is 2.44. The van der Waals surface area contributed by atoms with E-state index in [1.165, 1.54) is 19.4 Å². The zero-order chi connectivity index (χ0) is 23.6. The van der Waals surface area contributed by atoms with E-state index in [0.29, 0.717) is 36.8 Å². The number of methoxy groups -OCH3 is 2. The number of carbonyl (C=O) groups excluding carboxylic acids is 1. The highest BCUT2D eigenvalue weighted by Gasteiger charge is 2.48. The molecule has 1 aliphatic heterocycles. The predicted molar refractivity (Wildman–Crippen MR) is 117 cm³/mol. The Morgan fingerprint density at radius 3 is 2.42 bits per heavy atom. The van der Waals surface area contributed by atoms with Gasteiger partial charge in [-0.05, 0) is 25.2 Å². The maximum absolute atomic E-state index is 13.5. The lowest BCUT2D eigenvalue weighted by Crippen LogP contribution is -2.42. The van der Waals surface area contributed by atoms with Crippen LogP contribution in [0.5, 0.6) is 17.2 Å². The topological polar surface area (TPSA) is 99.8 Å². The molecule has 2 aliphatic rings. The minimum Gasteiger partial charge on any atom is -0.496 e. The molecule has 0 spiro atoms. The summed E-state index contributed by atoms with van der Waals surface area (Å²) in [6.07, 6.45) is 4.92. The van der Waals surface area contributed by atoms with Gasteiger partial charge in [-0.25, -0.2) is 18.7 Å². The normalized spacial score (nSPS) is 20.1. The molecule has 4 rings (SSSR count). The number of alkyl halides is 2. The molecule has 1 amide bonds. The van der Waals surface area contributed by atoms with Gasteiger partial charge in [0, 0.05) is 43.4 Å². The Morgan fingerprint density at radius 2 is 1.82 bits per heavy atom. The van der Waals surface area contributed by atoms with Crippen molar-refractivity contribution in [3.63, 3.8) is 0 Å². The number of likely N-dealkylation sites (tertiary alicyclic amines) is 1. The third-order valence-electron chi connectivity index (χ3n) is 6.49. The van der Waals surface area contributed by atoms with E-state index in [0.717, 1.165) is 18.4 Å². The smallest absolute Gasteiger partial charge is 0.272 e. The van der Waals surface area contributed by atoms with Crippen molar-refractivity contribution in [3.8, 4) is 17.2 Å². The van der Waals surface area contributed by atoms with Crippen molar-refractivity contribution in [2.75, 3.05) is 39.6 Å². The quantitative estimate of drug-likeness (QED) is 0.672. The summed E-state index contributed by atoms with van der Waals surface area (Å²) >= 11 is 0. The first kappa shape index (κ1) is 23.0. The van der Waals surface area contributed by atoms with Crippen molar-refractivity contribution >= 4 is 11.7 Å². The van der Waals surface area contributed by atoms with E-state index in [2.05, 4.69) is 9.97 Å². The zero-order valence-electron chi connectivity index (χ0n) is 18.7. The van der Waals surface area contributed by atoms with E-state index in [1.54, 1.807) is 24.3 Å². The van der Waals surface area contributed by atoms with Crippen LogP contribution in [0.15, 0.2) is 24.5 Å². The number of piperidine rings is 1. The lowest BCUT2D eigenvalue weighted by atomic mass is 9.81. The first-order chi connectivity index (χ1) is 15.8. The van der Waals surface area contributed by atoms with Crippen LogP contribution in [0.4, 0.5) is 14.6 Å². The van der Waals surface area contributed by atoms with Gasteiger partial charge in [-0.15, -0.1) is 0 Å². The predicted octanol–water partition coefficient (Wildman–Crippen LogP) is 3.52. The van der Waals surface area contributed by atoms with Crippen LogP contribution in [-0.4, -0.2) is 60.6 Å². The van der Waals surface area contributed by atoms with Crippen LogP contribution in [0, 0.1) is 5.92 Å². The molecular formula is C23H28F2N4O4. The van der Waals surface area contributed by atoms with Gasteiger partial charge in [0.1, 0.15) is 17.3 Å². The van der Waals surface area contributed by atoms with Gasteiger partial charge in [0.05, 0.1) is 32.9 Å². The van der Waals surface area contributed by atoms with E-state index >= 15 is 0 Å². The largest absolute Gasteiger partial charge is 0.496 e. The molecule has 2 aromatic heterocycles. The Hall–Kier alpha value is -3.17. The second kappa shape index (κ2) is 9.36. The van der Waals surface area contributed by atoms with Gasteiger partial charge in [0.2, 0.25) is 0 Å². The molecule has 8 nitrogen and oxygen atoms in total. The molecule has 10 heteroatoms. The molecule has 178 valence electrons. The second-order valence-corrected chi connectivity index (χ2v) is 8.45.